The lowest BCUT2D eigenvalue weighted by Gasteiger charge is -2.22. The number of rotatable bonds is 3. The molecule has 0 radical (unpaired) electrons. The number of hydrogen-bond donors (Lipinski definition) is 1. The van der Waals surface area contributed by atoms with Crippen molar-refractivity contribution in [2.45, 2.75) is 30.0 Å². The van der Waals surface area contributed by atoms with Crippen molar-refractivity contribution in [3.05, 3.63) is 35.4 Å². The van der Waals surface area contributed by atoms with Crippen molar-refractivity contribution in [1.29, 1.82) is 0 Å². The Morgan fingerprint density at radius 1 is 1.22 bits per heavy atom. The third-order valence-electron chi connectivity index (χ3n) is 3.02. The highest BCUT2D eigenvalue weighted by molar-refractivity contribution is 7.99. The summed E-state index contributed by atoms with van der Waals surface area (Å²) >= 11 is 1.82. The molecule has 1 atom stereocenters. The summed E-state index contributed by atoms with van der Waals surface area (Å²) in [5, 5.41) is 3.91. The van der Waals surface area contributed by atoms with Gasteiger partial charge >= 0.3 is 6.18 Å². The summed E-state index contributed by atoms with van der Waals surface area (Å²) in [5.74, 6) is 0.782. The standard InChI is InChI=1S/C13H16F3NS/c14-13(15,16)11-5-3-10(4-6-11)9-18-12-2-1-7-17-8-12/h3-6,12,17H,1-2,7-9H2. The first-order valence-electron chi connectivity index (χ1n) is 6.04. The quantitative estimate of drug-likeness (QED) is 0.903. The van der Waals surface area contributed by atoms with E-state index in [0.717, 1.165) is 36.5 Å². The van der Waals surface area contributed by atoms with Crippen LogP contribution in [-0.4, -0.2) is 18.3 Å². The molecule has 0 bridgehead atoms. The van der Waals surface area contributed by atoms with Crippen LogP contribution in [0.25, 0.3) is 0 Å². The highest BCUT2D eigenvalue weighted by atomic mass is 32.2. The van der Waals surface area contributed by atoms with E-state index in [1.165, 1.54) is 12.8 Å². The van der Waals surface area contributed by atoms with Crippen LogP contribution >= 0.6 is 11.8 Å². The fourth-order valence-electron chi connectivity index (χ4n) is 1.97. The minimum Gasteiger partial charge on any atom is -0.316 e. The molecule has 1 unspecified atom stereocenters. The fourth-order valence-corrected chi connectivity index (χ4v) is 3.16. The maximum atomic E-state index is 12.4. The van der Waals surface area contributed by atoms with Crippen molar-refractivity contribution in [3.8, 4) is 0 Å². The summed E-state index contributed by atoms with van der Waals surface area (Å²) in [5.41, 5.74) is 0.383. The van der Waals surface area contributed by atoms with E-state index < -0.39 is 11.7 Å². The highest BCUT2D eigenvalue weighted by Crippen LogP contribution is 2.30. The van der Waals surface area contributed by atoms with Crippen molar-refractivity contribution >= 4 is 11.8 Å². The van der Waals surface area contributed by atoms with Crippen LogP contribution in [-0.2, 0) is 11.9 Å². The first kappa shape index (κ1) is 13.7. The Morgan fingerprint density at radius 2 is 1.94 bits per heavy atom. The molecule has 0 amide bonds. The smallest absolute Gasteiger partial charge is 0.316 e. The number of alkyl halides is 3. The average Bonchev–Trinajstić information content (AvgIpc) is 2.37. The number of thioether (sulfide) groups is 1. The molecule has 100 valence electrons. The van der Waals surface area contributed by atoms with Crippen LogP contribution in [0.3, 0.4) is 0 Å². The zero-order chi connectivity index (χ0) is 13.0. The van der Waals surface area contributed by atoms with Gasteiger partial charge in [-0.1, -0.05) is 12.1 Å². The van der Waals surface area contributed by atoms with Crippen LogP contribution in [0.4, 0.5) is 13.2 Å². The van der Waals surface area contributed by atoms with Gasteiger partial charge in [-0.05, 0) is 37.1 Å². The van der Waals surface area contributed by atoms with Crippen LogP contribution in [0.15, 0.2) is 24.3 Å². The fraction of sp³-hybridized carbons (Fsp3) is 0.538. The van der Waals surface area contributed by atoms with Crippen LogP contribution < -0.4 is 5.32 Å². The van der Waals surface area contributed by atoms with E-state index in [1.807, 2.05) is 11.8 Å². The molecule has 1 heterocycles. The molecule has 0 spiro atoms. The molecule has 5 heteroatoms. The normalized spacial score (nSPS) is 20.9. The predicted molar refractivity (Wildman–Crippen MR) is 68.6 cm³/mol. The summed E-state index contributed by atoms with van der Waals surface area (Å²) in [6.45, 7) is 2.09. The van der Waals surface area contributed by atoms with Crippen molar-refractivity contribution in [3.63, 3.8) is 0 Å². The predicted octanol–water partition coefficient (Wildman–Crippen LogP) is 3.69. The van der Waals surface area contributed by atoms with E-state index in [1.54, 1.807) is 12.1 Å². The Kier molecular flexibility index (Phi) is 4.56. The van der Waals surface area contributed by atoms with E-state index in [4.69, 9.17) is 0 Å². The molecule has 1 aromatic rings. The van der Waals surface area contributed by atoms with Gasteiger partial charge in [0, 0.05) is 17.5 Å². The van der Waals surface area contributed by atoms with E-state index in [2.05, 4.69) is 5.32 Å². The maximum absolute atomic E-state index is 12.4. The molecule has 1 saturated heterocycles. The zero-order valence-corrected chi connectivity index (χ0v) is 10.8. The van der Waals surface area contributed by atoms with Gasteiger partial charge in [0.25, 0.3) is 0 Å². The van der Waals surface area contributed by atoms with Gasteiger partial charge in [-0.3, -0.25) is 0 Å². The second-order valence-corrected chi connectivity index (χ2v) is 5.76. The van der Waals surface area contributed by atoms with Crippen LogP contribution in [0, 0.1) is 0 Å². The Morgan fingerprint density at radius 3 is 2.50 bits per heavy atom. The summed E-state index contributed by atoms with van der Waals surface area (Å²) < 4.78 is 37.1. The number of nitrogens with one attached hydrogen (secondary N) is 1. The van der Waals surface area contributed by atoms with Gasteiger partial charge in [0.05, 0.1) is 5.56 Å². The summed E-state index contributed by atoms with van der Waals surface area (Å²) in [6.07, 6.45) is -1.86. The van der Waals surface area contributed by atoms with Crippen LogP contribution in [0.2, 0.25) is 0 Å². The molecule has 18 heavy (non-hydrogen) atoms. The first-order valence-corrected chi connectivity index (χ1v) is 7.09. The lowest BCUT2D eigenvalue weighted by atomic mass is 10.1. The number of benzene rings is 1. The van der Waals surface area contributed by atoms with Crippen LogP contribution in [0.5, 0.6) is 0 Å². The SMILES string of the molecule is FC(F)(F)c1ccc(CSC2CCCNC2)cc1. The molecule has 0 aliphatic carbocycles. The van der Waals surface area contributed by atoms with Crippen LogP contribution in [0.1, 0.15) is 24.0 Å². The van der Waals surface area contributed by atoms with Crippen molar-refractivity contribution < 1.29 is 13.2 Å². The largest absolute Gasteiger partial charge is 0.416 e. The zero-order valence-electron chi connectivity index (χ0n) is 9.96. The summed E-state index contributed by atoms with van der Waals surface area (Å²) in [7, 11) is 0. The van der Waals surface area contributed by atoms with Crippen molar-refractivity contribution in [1.82, 2.24) is 5.32 Å². The molecule has 1 aliphatic rings. The Bertz CT molecular complexity index is 369. The molecule has 1 N–H and O–H groups in total. The lowest BCUT2D eigenvalue weighted by Crippen LogP contribution is -2.31. The lowest BCUT2D eigenvalue weighted by molar-refractivity contribution is -0.137. The van der Waals surface area contributed by atoms with Gasteiger partial charge in [-0.25, -0.2) is 0 Å². The van der Waals surface area contributed by atoms with E-state index >= 15 is 0 Å². The maximum Gasteiger partial charge on any atom is 0.416 e. The molecule has 1 nitrogen and oxygen atoms in total. The van der Waals surface area contributed by atoms with Crippen molar-refractivity contribution in [2.75, 3.05) is 13.1 Å². The molecule has 1 aliphatic heterocycles. The molecule has 0 saturated carbocycles. The summed E-state index contributed by atoms with van der Waals surface area (Å²) in [6, 6.07) is 5.47. The van der Waals surface area contributed by atoms with Gasteiger partial charge in [-0.15, -0.1) is 0 Å². The minimum atomic E-state index is -4.24. The molecular weight excluding hydrogens is 259 g/mol. The summed E-state index contributed by atoms with van der Waals surface area (Å²) in [4.78, 5) is 0. The minimum absolute atomic E-state index is 0.574. The second-order valence-electron chi connectivity index (χ2n) is 4.47. The Hall–Kier alpha value is -0.680. The highest BCUT2D eigenvalue weighted by Gasteiger charge is 2.29. The number of piperidine rings is 1. The third kappa shape index (κ3) is 3.92. The molecule has 2 rings (SSSR count). The first-order chi connectivity index (χ1) is 8.55. The van der Waals surface area contributed by atoms with Gasteiger partial charge in [-0.2, -0.15) is 24.9 Å². The average molecular weight is 275 g/mol. The van der Waals surface area contributed by atoms with Gasteiger partial charge in [0.15, 0.2) is 0 Å². The van der Waals surface area contributed by atoms with Gasteiger partial charge in [0.2, 0.25) is 0 Å². The van der Waals surface area contributed by atoms with Gasteiger partial charge < -0.3 is 5.32 Å². The third-order valence-corrected chi connectivity index (χ3v) is 4.39. The second kappa shape index (κ2) is 5.97. The molecule has 1 fully saturated rings. The topological polar surface area (TPSA) is 12.0 Å². The Balaban J connectivity index is 1.86. The van der Waals surface area contributed by atoms with E-state index in [9.17, 15) is 13.2 Å². The van der Waals surface area contributed by atoms with E-state index in [0.29, 0.717) is 5.25 Å². The number of halogens is 3. The monoisotopic (exact) mass is 275 g/mol. The van der Waals surface area contributed by atoms with Gasteiger partial charge in [0.1, 0.15) is 0 Å². The molecular formula is C13H16F3NS. The Labute approximate surface area is 109 Å². The number of hydrogen-bond acceptors (Lipinski definition) is 2. The van der Waals surface area contributed by atoms with Crippen molar-refractivity contribution in [2.24, 2.45) is 0 Å². The van der Waals surface area contributed by atoms with E-state index in [-0.39, 0.29) is 0 Å². The molecule has 1 aromatic carbocycles. The molecule has 0 aromatic heterocycles.